The topological polar surface area (TPSA) is 0 Å². The van der Waals surface area contributed by atoms with E-state index >= 15 is 0 Å². The molecule has 1 unspecified atom stereocenters. The second-order valence-corrected chi connectivity index (χ2v) is 10.7. The summed E-state index contributed by atoms with van der Waals surface area (Å²) in [6.45, 7) is 4.58. The highest BCUT2D eigenvalue weighted by Crippen LogP contribution is 2.23. The van der Waals surface area contributed by atoms with E-state index in [1.165, 1.54) is 128 Å². The van der Waals surface area contributed by atoms with Gasteiger partial charge in [0.2, 0.25) is 0 Å². The van der Waals surface area contributed by atoms with Gasteiger partial charge in [-0.3, -0.25) is 0 Å². The molecule has 0 heterocycles. The van der Waals surface area contributed by atoms with Crippen LogP contribution in [0.5, 0.6) is 0 Å². The standard InChI is InChI=1S/C24H48S3/c1-3-5-7-9-11-13-14-16-18-20-22-27-23(24(25)26)21-19-17-15-12-10-8-6-4-2/h23H,3-22H2,1-2H3,(H,25,26). The highest BCUT2D eigenvalue weighted by molar-refractivity contribution is 8.14. The van der Waals surface area contributed by atoms with Gasteiger partial charge in [-0.1, -0.05) is 135 Å². The van der Waals surface area contributed by atoms with Gasteiger partial charge in [0.05, 0.1) is 4.20 Å². The molecule has 0 saturated heterocycles. The van der Waals surface area contributed by atoms with Crippen LogP contribution in [0.15, 0.2) is 0 Å². The Bertz CT molecular complexity index is 304. The SMILES string of the molecule is CCCCCCCCCCCCSC(CCCCCCCCCC)C(=S)S. The highest BCUT2D eigenvalue weighted by atomic mass is 32.2. The Kier molecular flexibility index (Phi) is 23.7. The summed E-state index contributed by atoms with van der Waals surface area (Å²) in [6, 6.07) is 0. The lowest BCUT2D eigenvalue weighted by Crippen LogP contribution is -2.10. The second kappa shape index (κ2) is 23.1. The van der Waals surface area contributed by atoms with Gasteiger partial charge >= 0.3 is 0 Å². The summed E-state index contributed by atoms with van der Waals surface area (Å²) in [5, 5.41) is 0.502. The van der Waals surface area contributed by atoms with E-state index in [9.17, 15) is 0 Å². The van der Waals surface area contributed by atoms with E-state index in [1.54, 1.807) is 0 Å². The molecule has 0 rings (SSSR count). The van der Waals surface area contributed by atoms with Crippen molar-refractivity contribution >= 4 is 40.8 Å². The maximum atomic E-state index is 5.39. The van der Waals surface area contributed by atoms with Crippen LogP contribution in [-0.2, 0) is 0 Å². The van der Waals surface area contributed by atoms with Crippen LogP contribution in [0.3, 0.4) is 0 Å². The van der Waals surface area contributed by atoms with Gasteiger partial charge < -0.3 is 0 Å². The van der Waals surface area contributed by atoms with Crippen LogP contribution in [0.2, 0.25) is 0 Å². The van der Waals surface area contributed by atoms with Gasteiger partial charge in [0, 0.05) is 5.25 Å². The zero-order valence-electron chi connectivity index (χ0n) is 18.5. The van der Waals surface area contributed by atoms with Crippen molar-refractivity contribution in [3.63, 3.8) is 0 Å². The largest absolute Gasteiger partial charge is 0.152 e. The molecule has 0 aliphatic heterocycles. The molecule has 0 aliphatic rings. The second-order valence-electron chi connectivity index (χ2n) is 8.14. The third kappa shape index (κ3) is 21.3. The van der Waals surface area contributed by atoms with Gasteiger partial charge in [0.1, 0.15) is 0 Å². The van der Waals surface area contributed by atoms with E-state index in [0.29, 0.717) is 5.25 Å². The zero-order valence-corrected chi connectivity index (χ0v) is 21.0. The zero-order chi connectivity index (χ0) is 20.0. The third-order valence-electron chi connectivity index (χ3n) is 5.41. The van der Waals surface area contributed by atoms with Crippen LogP contribution >= 0.6 is 36.6 Å². The Morgan fingerprint density at radius 1 is 0.630 bits per heavy atom. The minimum absolute atomic E-state index is 0.502. The fourth-order valence-corrected chi connectivity index (χ4v) is 5.36. The average molecular weight is 433 g/mol. The van der Waals surface area contributed by atoms with Crippen LogP contribution in [0, 0.1) is 0 Å². The first-order chi connectivity index (χ1) is 13.2. The molecule has 0 aromatic rings. The maximum Gasteiger partial charge on any atom is 0.0578 e. The number of rotatable bonds is 22. The summed E-state index contributed by atoms with van der Waals surface area (Å²) < 4.78 is 0.926. The van der Waals surface area contributed by atoms with Gasteiger partial charge in [-0.05, 0) is 18.6 Å². The fraction of sp³-hybridized carbons (Fsp3) is 0.958. The van der Waals surface area contributed by atoms with Gasteiger partial charge in [-0.25, -0.2) is 0 Å². The Hall–Kier alpha value is 0.790. The number of thiocarbonyl (C=S) groups is 1. The average Bonchev–Trinajstić information content (AvgIpc) is 2.66. The van der Waals surface area contributed by atoms with Crippen molar-refractivity contribution in [1.29, 1.82) is 0 Å². The molecule has 0 aromatic heterocycles. The smallest absolute Gasteiger partial charge is 0.0578 e. The van der Waals surface area contributed by atoms with Crippen molar-refractivity contribution in [1.82, 2.24) is 0 Å². The molecule has 0 fully saturated rings. The van der Waals surface area contributed by atoms with E-state index < -0.39 is 0 Å². The predicted octanol–water partition coefficient (Wildman–Crippen LogP) is 9.80. The van der Waals surface area contributed by atoms with Crippen molar-refractivity contribution < 1.29 is 0 Å². The maximum absolute atomic E-state index is 5.39. The van der Waals surface area contributed by atoms with Crippen molar-refractivity contribution in [3.8, 4) is 0 Å². The quantitative estimate of drug-likeness (QED) is 0.103. The van der Waals surface area contributed by atoms with E-state index in [-0.39, 0.29) is 0 Å². The van der Waals surface area contributed by atoms with Crippen LogP contribution in [0.4, 0.5) is 0 Å². The summed E-state index contributed by atoms with van der Waals surface area (Å²) in [5.74, 6) is 1.26. The normalized spacial score (nSPS) is 12.4. The molecule has 0 aromatic carbocycles. The molecule has 1 atom stereocenters. The Morgan fingerprint density at radius 2 is 1.00 bits per heavy atom. The molecule has 0 spiro atoms. The van der Waals surface area contributed by atoms with Crippen LogP contribution in [-0.4, -0.2) is 15.2 Å². The summed E-state index contributed by atoms with van der Waals surface area (Å²) >= 11 is 11.9. The molecular formula is C24H48S3. The molecule has 0 amide bonds. The molecule has 27 heavy (non-hydrogen) atoms. The lowest BCUT2D eigenvalue weighted by molar-refractivity contribution is 0.562. The number of thioether (sulfide) groups is 1. The van der Waals surface area contributed by atoms with E-state index in [2.05, 4.69) is 38.2 Å². The Morgan fingerprint density at radius 3 is 1.41 bits per heavy atom. The first-order valence-corrected chi connectivity index (χ1v) is 14.0. The van der Waals surface area contributed by atoms with E-state index in [1.807, 2.05) is 0 Å². The van der Waals surface area contributed by atoms with Crippen molar-refractivity contribution in [2.45, 2.75) is 141 Å². The highest BCUT2D eigenvalue weighted by Gasteiger charge is 2.11. The Labute approximate surface area is 187 Å². The minimum Gasteiger partial charge on any atom is -0.152 e. The summed E-state index contributed by atoms with van der Waals surface area (Å²) in [4.78, 5) is 0. The molecule has 0 saturated carbocycles. The fourth-order valence-electron chi connectivity index (χ4n) is 3.56. The number of thiol groups is 1. The summed E-state index contributed by atoms with van der Waals surface area (Å²) in [6.07, 6.45) is 26.5. The minimum atomic E-state index is 0.502. The lowest BCUT2D eigenvalue weighted by Gasteiger charge is -2.14. The monoisotopic (exact) mass is 432 g/mol. The van der Waals surface area contributed by atoms with Crippen LogP contribution < -0.4 is 0 Å². The van der Waals surface area contributed by atoms with Gasteiger partial charge in [-0.15, -0.1) is 12.6 Å². The molecule has 3 heteroatoms. The Balaban J connectivity index is 3.45. The van der Waals surface area contributed by atoms with Crippen LogP contribution in [0.25, 0.3) is 0 Å². The predicted molar refractivity (Wildman–Crippen MR) is 137 cm³/mol. The van der Waals surface area contributed by atoms with Gasteiger partial charge in [0.25, 0.3) is 0 Å². The van der Waals surface area contributed by atoms with E-state index in [4.69, 9.17) is 12.2 Å². The third-order valence-corrected chi connectivity index (χ3v) is 7.73. The first kappa shape index (κ1) is 27.8. The molecule has 0 radical (unpaired) electrons. The van der Waals surface area contributed by atoms with Crippen molar-refractivity contribution in [2.24, 2.45) is 0 Å². The molecule has 0 N–H and O–H groups in total. The summed E-state index contributed by atoms with van der Waals surface area (Å²) in [7, 11) is 0. The molecule has 0 aliphatic carbocycles. The van der Waals surface area contributed by atoms with Crippen molar-refractivity contribution in [3.05, 3.63) is 0 Å². The number of hydrogen-bond donors (Lipinski definition) is 1. The molecule has 0 bridgehead atoms. The van der Waals surface area contributed by atoms with Gasteiger partial charge in [0.15, 0.2) is 0 Å². The van der Waals surface area contributed by atoms with Crippen molar-refractivity contribution in [2.75, 3.05) is 5.75 Å². The van der Waals surface area contributed by atoms with Gasteiger partial charge in [-0.2, -0.15) is 11.8 Å². The van der Waals surface area contributed by atoms with E-state index in [0.717, 1.165) is 4.20 Å². The first-order valence-electron chi connectivity index (χ1n) is 12.1. The summed E-state index contributed by atoms with van der Waals surface area (Å²) in [5.41, 5.74) is 0. The molecule has 0 nitrogen and oxygen atoms in total. The number of unbranched alkanes of at least 4 members (excludes halogenated alkanes) is 16. The van der Waals surface area contributed by atoms with Crippen LogP contribution in [0.1, 0.15) is 136 Å². The molecule has 162 valence electrons. The molecular weight excluding hydrogens is 384 g/mol. The number of hydrogen-bond acceptors (Lipinski definition) is 2. The lowest BCUT2D eigenvalue weighted by atomic mass is 10.1.